The number of hydrogen-bond acceptors (Lipinski definition) is 5. The zero-order chi connectivity index (χ0) is 25.8. The number of benzene rings is 2. The predicted molar refractivity (Wildman–Crippen MR) is 134 cm³/mol. The molecule has 0 bridgehead atoms. The molecule has 4 rings (SSSR count). The van der Waals surface area contributed by atoms with Gasteiger partial charge in [-0.15, -0.1) is 11.3 Å². The van der Waals surface area contributed by atoms with Gasteiger partial charge < -0.3 is 9.45 Å². The quantitative estimate of drug-likeness (QED) is 0.197. The number of anilines is 1. The number of fused-ring (bicyclic) bond motifs is 1. The number of alkyl halides is 3. The number of aromatic nitrogens is 1. The van der Waals surface area contributed by atoms with E-state index in [0.29, 0.717) is 0 Å². The molecule has 2 aromatic carbocycles. The third kappa shape index (κ3) is 6.68. The number of aryl methyl sites for hydroxylation is 1. The van der Waals surface area contributed by atoms with Gasteiger partial charge in [-0.3, -0.25) is 0 Å². The average Bonchev–Trinajstić information content (AvgIpc) is 3.27. The number of rotatable bonds is 4. The van der Waals surface area contributed by atoms with Crippen molar-refractivity contribution in [1.29, 1.82) is 0 Å². The second-order valence-electron chi connectivity index (χ2n) is 7.79. The zero-order valence-electron chi connectivity index (χ0n) is 19.2. The van der Waals surface area contributed by atoms with Crippen molar-refractivity contribution in [3.8, 4) is 11.1 Å². The highest BCUT2D eigenvalue weighted by molar-refractivity contribution is 7.86. The molecule has 0 saturated heterocycles. The monoisotopic (exact) mass is 520 g/mol. The van der Waals surface area contributed by atoms with Crippen LogP contribution in [-0.4, -0.2) is 32.6 Å². The summed E-state index contributed by atoms with van der Waals surface area (Å²) < 4.78 is 61.1. The molecule has 2 heterocycles. The van der Waals surface area contributed by atoms with Gasteiger partial charge in [-0.25, -0.2) is 8.42 Å². The van der Waals surface area contributed by atoms with Crippen LogP contribution in [0, 0.1) is 0 Å². The average molecular weight is 521 g/mol. The zero-order valence-corrected chi connectivity index (χ0v) is 20.8. The molecule has 2 aromatic heterocycles. The predicted octanol–water partition coefficient (Wildman–Crippen LogP) is 5.68. The van der Waals surface area contributed by atoms with Crippen LogP contribution in [0.4, 0.5) is 18.9 Å². The Labute approximate surface area is 206 Å². The minimum atomic E-state index is -6.09. The van der Waals surface area contributed by atoms with Crippen molar-refractivity contribution in [2.45, 2.75) is 5.51 Å². The topological polar surface area (TPSA) is 64.3 Å². The van der Waals surface area contributed by atoms with Crippen molar-refractivity contribution in [2.75, 3.05) is 19.0 Å². The molecule has 0 atom stereocenters. The van der Waals surface area contributed by atoms with Gasteiger partial charge in [0.1, 0.15) is 7.05 Å². The Morgan fingerprint density at radius 1 is 0.943 bits per heavy atom. The highest BCUT2D eigenvalue weighted by Crippen LogP contribution is 2.27. The molecular formula is C25H23F3N2O3S2. The van der Waals surface area contributed by atoms with E-state index < -0.39 is 15.6 Å². The van der Waals surface area contributed by atoms with Crippen molar-refractivity contribution < 1.29 is 30.7 Å². The first-order valence-corrected chi connectivity index (χ1v) is 12.6. The molecule has 0 amide bonds. The summed E-state index contributed by atoms with van der Waals surface area (Å²) in [6, 6.07) is 23.8. The first kappa shape index (κ1) is 26.4. The summed E-state index contributed by atoms with van der Waals surface area (Å²) in [5, 5.41) is 3.47. The molecule has 4 aromatic rings. The van der Waals surface area contributed by atoms with E-state index in [4.69, 9.17) is 13.0 Å². The van der Waals surface area contributed by atoms with E-state index in [2.05, 4.69) is 115 Å². The van der Waals surface area contributed by atoms with E-state index in [1.165, 1.54) is 38.3 Å². The molecule has 35 heavy (non-hydrogen) atoms. The van der Waals surface area contributed by atoms with Crippen LogP contribution in [0.5, 0.6) is 0 Å². The second-order valence-corrected chi connectivity index (χ2v) is 10.1. The number of hydrogen-bond donors (Lipinski definition) is 0. The summed E-state index contributed by atoms with van der Waals surface area (Å²) in [7, 11) is 0.181. The number of nitrogens with zero attached hydrogens (tertiary/aromatic N) is 2. The molecule has 0 spiro atoms. The lowest BCUT2D eigenvalue weighted by atomic mass is 10.1. The molecule has 0 saturated carbocycles. The van der Waals surface area contributed by atoms with E-state index >= 15 is 0 Å². The van der Waals surface area contributed by atoms with Gasteiger partial charge in [-0.1, -0.05) is 30.3 Å². The normalized spacial score (nSPS) is 12.0. The number of halogens is 3. The molecule has 0 unspecified atom stereocenters. The third-order valence-electron chi connectivity index (χ3n) is 5.14. The Bertz CT molecular complexity index is 1450. The highest BCUT2D eigenvalue weighted by Gasteiger charge is 2.36. The molecule has 10 heteroatoms. The Morgan fingerprint density at radius 2 is 1.60 bits per heavy atom. The van der Waals surface area contributed by atoms with Gasteiger partial charge in [0, 0.05) is 48.3 Å². The van der Waals surface area contributed by atoms with Crippen LogP contribution >= 0.6 is 11.3 Å². The van der Waals surface area contributed by atoms with Crippen LogP contribution in [0.25, 0.3) is 34.2 Å². The SMILES string of the molecule is CN(C)c1ccc2c(ccc(C=Cc3cc(-c4ccccc4)cs3)[n+]2C)c1.O=S(=O)([O-])C(F)(F)F. The Morgan fingerprint density at radius 3 is 2.20 bits per heavy atom. The molecule has 5 nitrogen and oxygen atoms in total. The van der Waals surface area contributed by atoms with Gasteiger partial charge in [0.15, 0.2) is 10.1 Å². The van der Waals surface area contributed by atoms with Crippen molar-refractivity contribution in [2.24, 2.45) is 7.05 Å². The fraction of sp³-hybridized carbons (Fsp3) is 0.160. The Kier molecular flexibility index (Phi) is 7.99. The van der Waals surface area contributed by atoms with E-state index in [-0.39, 0.29) is 0 Å². The summed E-state index contributed by atoms with van der Waals surface area (Å²) in [6.07, 6.45) is 4.40. The molecule has 0 radical (unpaired) electrons. The van der Waals surface area contributed by atoms with Crippen molar-refractivity contribution in [3.63, 3.8) is 0 Å². The van der Waals surface area contributed by atoms with Gasteiger partial charge >= 0.3 is 5.51 Å². The van der Waals surface area contributed by atoms with Crippen molar-refractivity contribution in [3.05, 3.63) is 82.7 Å². The molecule has 0 aliphatic carbocycles. The first-order chi connectivity index (χ1) is 16.4. The minimum Gasteiger partial charge on any atom is -0.741 e. The van der Waals surface area contributed by atoms with Gasteiger partial charge in [0.05, 0.1) is 0 Å². The Hall–Kier alpha value is -3.21. The fourth-order valence-corrected chi connectivity index (χ4v) is 4.05. The van der Waals surface area contributed by atoms with Gasteiger partial charge in [-0.05, 0) is 46.8 Å². The van der Waals surface area contributed by atoms with Crippen molar-refractivity contribution in [1.82, 2.24) is 0 Å². The summed E-state index contributed by atoms with van der Waals surface area (Å²) in [6.45, 7) is 0. The standard InChI is InChI=1S/C24H23N2S.CHF3O3S/c1-25(2)22-12-14-24-19(15-22)9-10-21(26(24)3)11-13-23-16-20(17-27-23)18-7-5-4-6-8-18;2-1(3,4)8(5,6)7/h4-17H,1-3H3;(H,5,6,7)/q+1;/p-1. The van der Waals surface area contributed by atoms with E-state index in [0.717, 1.165) is 0 Å². The van der Waals surface area contributed by atoms with Gasteiger partial charge in [0.2, 0.25) is 11.2 Å². The third-order valence-corrected chi connectivity index (χ3v) is 6.60. The Balaban J connectivity index is 0.000000371. The van der Waals surface area contributed by atoms with Gasteiger partial charge in [0.25, 0.3) is 0 Å². The van der Waals surface area contributed by atoms with E-state index in [9.17, 15) is 13.2 Å². The summed E-state index contributed by atoms with van der Waals surface area (Å²) in [5.41, 5.74) is 0.541. The van der Waals surface area contributed by atoms with Gasteiger partial charge in [-0.2, -0.15) is 17.7 Å². The molecular weight excluding hydrogens is 497 g/mol. The first-order valence-electron chi connectivity index (χ1n) is 10.3. The lowest BCUT2D eigenvalue weighted by Gasteiger charge is -2.12. The van der Waals surface area contributed by atoms with Crippen molar-refractivity contribution >= 4 is 50.2 Å². The van der Waals surface area contributed by atoms with E-state index in [1.807, 2.05) is 0 Å². The smallest absolute Gasteiger partial charge is 0.485 e. The molecule has 0 fully saturated rings. The van der Waals surface area contributed by atoms with Crippen LogP contribution in [0.1, 0.15) is 10.6 Å². The summed E-state index contributed by atoms with van der Waals surface area (Å²) in [4.78, 5) is 3.39. The lowest BCUT2D eigenvalue weighted by molar-refractivity contribution is -0.646. The molecule has 184 valence electrons. The van der Waals surface area contributed by atoms with Crippen LogP contribution in [-0.2, 0) is 17.2 Å². The largest absolute Gasteiger partial charge is 0.741 e. The second kappa shape index (κ2) is 10.6. The number of thiophene rings is 1. The number of pyridine rings is 1. The lowest BCUT2D eigenvalue weighted by Crippen LogP contribution is -2.32. The van der Waals surface area contributed by atoms with Crippen LogP contribution in [0.2, 0.25) is 0 Å². The molecule has 0 aliphatic rings. The fourth-order valence-electron chi connectivity index (χ4n) is 3.24. The van der Waals surface area contributed by atoms with Crippen LogP contribution in [0.15, 0.2) is 72.1 Å². The maximum absolute atomic E-state index is 10.7. The molecule has 0 N–H and O–H groups in total. The van der Waals surface area contributed by atoms with Crippen LogP contribution in [0.3, 0.4) is 0 Å². The van der Waals surface area contributed by atoms with Crippen LogP contribution < -0.4 is 9.47 Å². The summed E-state index contributed by atoms with van der Waals surface area (Å²) in [5.74, 6) is 0. The highest BCUT2D eigenvalue weighted by atomic mass is 32.2. The maximum atomic E-state index is 10.7. The maximum Gasteiger partial charge on any atom is 0.485 e. The summed E-state index contributed by atoms with van der Waals surface area (Å²) >= 11 is 1.78. The van der Waals surface area contributed by atoms with E-state index in [1.54, 1.807) is 11.3 Å². The minimum absolute atomic E-state index is 1.19. The molecule has 0 aliphatic heterocycles.